The van der Waals surface area contributed by atoms with Gasteiger partial charge in [-0.05, 0) is 36.4 Å². The molecule has 0 spiro atoms. The van der Waals surface area contributed by atoms with Crippen LogP contribution in [0.15, 0.2) is 52.2 Å². The maximum Gasteiger partial charge on any atom is 0.257 e. The van der Waals surface area contributed by atoms with Crippen molar-refractivity contribution in [2.75, 3.05) is 13.1 Å². The van der Waals surface area contributed by atoms with Crippen molar-refractivity contribution in [3.05, 3.63) is 58.6 Å². The molecule has 152 valence electrons. The zero-order chi connectivity index (χ0) is 20.4. The molecule has 1 aliphatic rings. The Labute approximate surface area is 177 Å². The molecule has 0 bridgehead atoms. The van der Waals surface area contributed by atoms with Crippen LogP contribution in [0.4, 0.5) is 0 Å². The van der Waals surface area contributed by atoms with E-state index in [0.717, 1.165) is 5.56 Å². The number of piperidine rings is 1. The van der Waals surface area contributed by atoms with Crippen LogP contribution in [-0.4, -0.2) is 48.6 Å². The lowest BCUT2D eigenvalue weighted by molar-refractivity contribution is 0.0712. The third kappa shape index (κ3) is 4.37. The average molecular weight is 451 g/mol. The standard InChI is InChI=1S/C19H19ClN4O3S2/c20-14-5-3-13(4-6-14)18-16(12-21-22-18)19(25)24-9-7-15(8-10-24)23-29(26,27)17-2-1-11-28-17/h1-6,11-12,15,23H,7-10H2,(H,21,22). The molecule has 7 nitrogen and oxygen atoms in total. The van der Waals surface area contributed by atoms with Crippen molar-refractivity contribution >= 4 is 38.9 Å². The summed E-state index contributed by atoms with van der Waals surface area (Å²) in [6, 6.07) is 10.3. The van der Waals surface area contributed by atoms with Crippen LogP contribution in [0.1, 0.15) is 23.2 Å². The molecular formula is C19H19ClN4O3S2. The summed E-state index contributed by atoms with van der Waals surface area (Å²) >= 11 is 7.13. The second kappa shape index (κ2) is 8.27. The second-order valence-electron chi connectivity index (χ2n) is 6.79. The van der Waals surface area contributed by atoms with Gasteiger partial charge in [0.05, 0.1) is 17.5 Å². The molecule has 0 atom stereocenters. The molecule has 10 heteroatoms. The van der Waals surface area contributed by atoms with Gasteiger partial charge in [0.2, 0.25) is 10.0 Å². The van der Waals surface area contributed by atoms with Crippen molar-refractivity contribution < 1.29 is 13.2 Å². The summed E-state index contributed by atoms with van der Waals surface area (Å²) in [4.78, 5) is 14.7. The van der Waals surface area contributed by atoms with Crippen LogP contribution < -0.4 is 4.72 Å². The summed E-state index contributed by atoms with van der Waals surface area (Å²) in [6.45, 7) is 0.948. The number of likely N-dealkylation sites (tertiary alicyclic amines) is 1. The molecule has 0 radical (unpaired) electrons. The van der Waals surface area contributed by atoms with Crippen molar-refractivity contribution in [3.8, 4) is 11.3 Å². The van der Waals surface area contributed by atoms with Crippen molar-refractivity contribution in [2.45, 2.75) is 23.1 Å². The van der Waals surface area contributed by atoms with Crippen LogP contribution >= 0.6 is 22.9 Å². The van der Waals surface area contributed by atoms with Gasteiger partial charge in [0, 0.05) is 29.7 Å². The van der Waals surface area contributed by atoms with E-state index in [1.54, 1.807) is 34.5 Å². The van der Waals surface area contributed by atoms with Gasteiger partial charge in [0.15, 0.2) is 0 Å². The number of nitrogens with one attached hydrogen (secondary N) is 2. The number of sulfonamides is 1. The van der Waals surface area contributed by atoms with Crippen LogP contribution in [0.2, 0.25) is 5.02 Å². The number of halogens is 1. The maximum absolute atomic E-state index is 13.0. The van der Waals surface area contributed by atoms with E-state index in [9.17, 15) is 13.2 Å². The number of thiophene rings is 1. The molecule has 2 N–H and O–H groups in total. The van der Waals surface area contributed by atoms with Crippen molar-refractivity contribution in [1.29, 1.82) is 0 Å². The SMILES string of the molecule is O=C(c1cn[nH]c1-c1ccc(Cl)cc1)N1CCC(NS(=O)(=O)c2cccs2)CC1. The number of hydrogen-bond donors (Lipinski definition) is 2. The minimum absolute atomic E-state index is 0.122. The Morgan fingerprint density at radius 2 is 1.93 bits per heavy atom. The minimum Gasteiger partial charge on any atom is -0.338 e. The molecule has 3 heterocycles. The van der Waals surface area contributed by atoms with E-state index in [2.05, 4.69) is 14.9 Å². The summed E-state index contributed by atoms with van der Waals surface area (Å²) in [6.07, 6.45) is 2.65. The van der Waals surface area contributed by atoms with E-state index in [1.807, 2.05) is 12.1 Å². The van der Waals surface area contributed by atoms with Crippen LogP contribution in [-0.2, 0) is 10.0 Å². The Bertz CT molecular complexity index is 1090. The van der Waals surface area contributed by atoms with Gasteiger partial charge in [-0.1, -0.05) is 29.8 Å². The van der Waals surface area contributed by atoms with E-state index < -0.39 is 10.0 Å². The molecule has 4 rings (SSSR count). The fourth-order valence-corrected chi connectivity index (χ4v) is 5.79. The van der Waals surface area contributed by atoms with E-state index in [1.165, 1.54) is 17.5 Å². The number of H-pyrrole nitrogens is 1. The Kier molecular flexibility index (Phi) is 5.73. The van der Waals surface area contributed by atoms with Crippen LogP contribution in [0.5, 0.6) is 0 Å². The topological polar surface area (TPSA) is 95.2 Å². The second-order valence-corrected chi connectivity index (χ2v) is 10.1. The lowest BCUT2D eigenvalue weighted by Gasteiger charge is -2.32. The molecule has 29 heavy (non-hydrogen) atoms. The first-order valence-corrected chi connectivity index (χ1v) is 11.8. The molecule has 0 saturated carbocycles. The molecule has 1 saturated heterocycles. The number of rotatable bonds is 5. The largest absolute Gasteiger partial charge is 0.338 e. The van der Waals surface area contributed by atoms with Crippen LogP contribution in [0, 0.1) is 0 Å². The molecule has 1 aliphatic heterocycles. The van der Waals surface area contributed by atoms with E-state index in [4.69, 9.17) is 11.6 Å². The third-order valence-corrected chi connectivity index (χ3v) is 8.04. The zero-order valence-corrected chi connectivity index (χ0v) is 17.7. The van der Waals surface area contributed by atoms with E-state index in [0.29, 0.717) is 46.4 Å². The Morgan fingerprint density at radius 1 is 1.21 bits per heavy atom. The minimum atomic E-state index is -3.50. The molecule has 1 fully saturated rings. The number of benzene rings is 1. The number of carbonyl (C=O) groups is 1. The van der Waals surface area contributed by atoms with Gasteiger partial charge in [-0.2, -0.15) is 5.10 Å². The first kappa shape index (κ1) is 20.1. The highest BCUT2D eigenvalue weighted by molar-refractivity contribution is 7.91. The van der Waals surface area contributed by atoms with Gasteiger partial charge in [-0.3, -0.25) is 9.89 Å². The van der Waals surface area contributed by atoms with E-state index in [-0.39, 0.29) is 11.9 Å². The van der Waals surface area contributed by atoms with Gasteiger partial charge < -0.3 is 4.90 Å². The predicted molar refractivity (Wildman–Crippen MR) is 113 cm³/mol. The predicted octanol–water partition coefficient (Wildman–Crippen LogP) is 3.37. The number of aromatic nitrogens is 2. The average Bonchev–Trinajstić information content (AvgIpc) is 3.41. The van der Waals surface area contributed by atoms with Crippen molar-refractivity contribution in [1.82, 2.24) is 19.8 Å². The summed E-state index contributed by atoms with van der Waals surface area (Å²) in [5.41, 5.74) is 1.96. The summed E-state index contributed by atoms with van der Waals surface area (Å²) < 4.78 is 27.8. The molecule has 0 unspecified atom stereocenters. The van der Waals surface area contributed by atoms with E-state index >= 15 is 0 Å². The summed E-state index contributed by atoms with van der Waals surface area (Å²) in [7, 11) is -3.50. The zero-order valence-electron chi connectivity index (χ0n) is 15.3. The Morgan fingerprint density at radius 3 is 2.59 bits per heavy atom. The third-order valence-electron chi connectivity index (χ3n) is 4.87. The smallest absolute Gasteiger partial charge is 0.257 e. The Hall–Kier alpha value is -2.20. The van der Waals surface area contributed by atoms with Crippen molar-refractivity contribution in [3.63, 3.8) is 0 Å². The van der Waals surface area contributed by atoms with Gasteiger partial charge in [0.25, 0.3) is 5.91 Å². The molecule has 1 aromatic carbocycles. The number of amides is 1. The fourth-order valence-electron chi connectivity index (χ4n) is 3.35. The lowest BCUT2D eigenvalue weighted by Crippen LogP contribution is -2.46. The highest BCUT2D eigenvalue weighted by atomic mass is 35.5. The number of nitrogens with zero attached hydrogens (tertiary/aromatic N) is 2. The molecule has 3 aromatic rings. The monoisotopic (exact) mass is 450 g/mol. The normalized spacial score (nSPS) is 15.6. The van der Waals surface area contributed by atoms with Gasteiger partial charge in [0.1, 0.15) is 4.21 Å². The van der Waals surface area contributed by atoms with Crippen LogP contribution in [0.25, 0.3) is 11.3 Å². The molecule has 2 aromatic heterocycles. The molecular weight excluding hydrogens is 432 g/mol. The summed E-state index contributed by atoms with van der Waals surface area (Å²) in [5, 5.41) is 9.27. The van der Waals surface area contributed by atoms with Gasteiger partial charge in [-0.15, -0.1) is 11.3 Å². The number of carbonyl (C=O) groups excluding carboxylic acids is 1. The summed E-state index contributed by atoms with van der Waals surface area (Å²) in [5.74, 6) is -0.122. The molecule has 1 amide bonds. The number of aromatic amines is 1. The van der Waals surface area contributed by atoms with Gasteiger partial charge in [-0.25, -0.2) is 13.1 Å². The highest BCUT2D eigenvalue weighted by Crippen LogP contribution is 2.25. The van der Waals surface area contributed by atoms with Gasteiger partial charge >= 0.3 is 0 Å². The molecule has 0 aliphatic carbocycles. The quantitative estimate of drug-likeness (QED) is 0.623. The first-order chi connectivity index (χ1) is 13.9. The number of hydrogen-bond acceptors (Lipinski definition) is 5. The lowest BCUT2D eigenvalue weighted by atomic mass is 10.0. The Balaban J connectivity index is 1.41. The maximum atomic E-state index is 13.0. The highest BCUT2D eigenvalue weighted by Gasteiger charge is 2.29. The van der Waals surface area contributed by atoms with Crippen LogP contribution in [0.3, 0.4) is 0 Å². The fraction of sp³-hybridized carbons (Fsp3) is 0.263. The van der Waals surface area contributed by atoms with Crippen molar-refractivity contribution in [2.24, 2.45) is 0 Å². The first-order valence-electron chi connectivity index (χ1n) is 9.08.